The molecule has 0 bridgehead atoms. The van der Waals surface area contributed by atoms with Crippen LogP contribution < -0.4 is 10.5 Å². The van der Waals surface area contributed by atoms with Crippen molar-refractivity contribution in [3.63, 3.8) is 0 Å². The van der Waals surface area contributed by atoms with Crippen LogP contribution in [0.3, 0.4) is 0 Å². The van der Waals surface area contributed by atoms with Gasteiger partial charge in [0.25, 0.3) is 0 Å². The van der Waals surface area contributed by atoms with Gasteiger partial charge in [0.15, 0.2) is 0 Å². The van der Waals surface area contributed by atoms with E-state index in [1.54, 1.807) is 7.11 Å². The van der Waals surface area contributed by atoms with Gasteiger partial charge in [-0.05, 0) is 34.4 Å². The molecule has 1 atom stereocenters. The van der Waals surface area contributed by atoms with Crippen molar-refractivity contribution in [2.24, 2.45) is 5.73 Å². The summed E-state index contributed by atoms with van der Waals surface area (Å²) in [4.78, 5) is 0. The molecule has 0 amide bonds. The Balaban J connectivity index is 2.36. The molecule has 0 aliphatic carbocycles. The Morgan fingerprint density at radius 1 is 1.10 bits per heavy atom. The first-order valence-corrected chi connectivity index (χ1v) is 6.44. The number of aliphatic hydroxyl groups is 2. The molecule has 2 aromatic rings. The monoisotopic (exact) mass is 273 g/mol. The Hall–Kier alpha value is -1.88. The third kappa shape index (κ3) is 2.99. The van der Waals surface area contributed by atoms with E-state index < -0.39 is 0 Å². The fourth-order valence-corrected chi connectivity index (χ4v) is 2.12. The molecule has 2 aromatic carbocycles. The van der Waals surface area contributed by atoms with E-state index in [0.717, 1.165) is 28.0 Å². The molecule has 0 radical (unpaired) electrons. The lowest BCUT2D eigenvalue weighted by atomic mass is 9.97. The molecule has 0 aliphatic rings. The summed E-state index contributed by atoms with van der Waals surface area (Å²) in [6, 6.07) is 12.9. The Kier molecular flexibility index (Phi) is 4.74. The van der Waals surface area contributed by atoms with E-state index in [4.69, 9.17) is 15.6 Å². The van der Waals surface area contributed by atoms with Gasteiger partial charge in [-0.15, -0.1) is 0 Å². The lowest BCUT2D eigenvalue weighted by molar-refractivity contribution is 0.268. The van der Waals surface area contributed by atoms with Gasteiger partial charge >= 0.3 is 0 Å². The van der Waals surface area contributed by atoms with E-state index in [2.05, 4.69) is 0 Å². The predicted molar refractivity (Wildman–Crippen MR) is 78.4 cm³/mol. The number of ether oxygens (including phenoxy) is 1. The number of rotatable bonds is 5. The van der Waals surface area contributed by atoms with Crippen molar-refractivity contribution < 1.29 is 14.9 Å². The van der Waals surface area contributed by atoms with Crippen molar-refractivity contribution in [1.82, 2.24) is 0 Å². The number of methoxy groups -OCH3 is 1. The quantitative estimate of drug-likeness (QED) is 0.777. The van der Waals surface area contributed by atoms with E-state index in [9.17, 15) is 5.11 Å². The molecular formula is C16H19NO3. The molecule has 0 saturated carbocycles. The van der Waals surface area contributed by atoms with Gasteiger partial charge < -0.3 is 20.7 Å². The zero-order valence-corrected chi connectivity index (χ0v) is 11.4. The van der Waals surface area contributed by atoms with Gasteiger partial charge in [0.1, 0.15) is 5.75 Å². The minimum Gasteiger partial charge on any atom is -0.497 e. The number of hydrogen-bond acceptors (Lipinski definition) is 4. The topological polar surface area (TPSA) is 75.7 Å². The molecule has 0 spiro atoms. The fourth-order valence-electron chi connectivity index (χ4n) is 2.12. The normalized spacial score (nSPS) is 12.2. The van der Waals surface area contributed by atoms with Crippen molar-refractivity contribution in [3.05, 3.63) is 53.6 Å². The number of nitrogens with two attached hydrogens (primary N) is 1. The summed E-state index contributed by atoms with van der Waals surface area (Å²) in [5, 5.41) is 18.5. The molecule has 2 rings (SSSR count). The van der Waals surface area contributed by atoms with Crippen LogP contribution in [-0.4, -0.2) is 23.9 Å². The van der Waals surface area contributed by atoms with Gasteiger partial charge in [-0.2, -0.15) is 0 Å². The molecule has 0 saturated heterocycles. The third-order valence-corrected chi connectivity index (χ3v) is 3.33. The Labute approximate surface area is 118 Å². The molecule has 4 nitrogen and oxygen atoms in total. The molecule has 0 unspecified atom stereocenters. The maximum atomic E-state index is 9.47. The van der Waals surface area contributed by atoms with Crippen LogP contribution in [0, 0.1) is 0 Å². The first-order valence-electron chi connectivity index (χ1n) is 6.44. The summed E-state index contributed by atoms with van der Waals surface area (Å²) in [7, 11) is 1.60. The summed E-state index contributed by atoms with van der Waals surface area (Å²) < 4.78 is 5.16. The summed E-state index contributed by atoms with van der Waals surface area (Å²) in [6.07, 6.45) is 0. The molecule has 0 heterocycles. The highest BCUT2D eigenvalue weighted by Gasteiger charge is 2.08. The average molecular weight is 273 g/mol. The van der Waals surface area contributed by atoms with Crippen molar-refractivity contribution >= 4 is 0 Å². The summed E-state index contributed by atoms with van der Waals surface area (Å²) in [5.74, 6) is 0.719. The van der Waals surface area contributed by atoms with Crippen LogP contribution in [0.4, 0.5) is 0 Å². The first kappa shape index (κ1) is 14.5. The lowest BCUT2D eigenvalue weighted by Gasteiger charge is -2.12. The van der Waals surface area contributed by atoms with E-state index >= 15 is 0 Å². The van der Waals surface area contributed by atoms with Gasteiger partial charge in [0, 0.05) is 0 Å². The fraction of sp³-hybridized carbons (Fsp3) is 0.250. The highest BCUT2D eigenvalue weighted by Crippen LogP contribution is 2.28. The molecule has 4 heteroatoms. The van der Waals surface area contributed by atoms with Gasteiger partial charge in [-0.1, -0.05) is 30.3 Å². The molecule has 106 valence electrons. The maximum Gasteiger partial charge on any atom is 0.119 e. The van der Waals surface area contributed by atoms with Crippen molar-refractivity contribution in [2.75, 3.05) is 13.7 Å². The van der Waals surface area contributed by atoms with Crippen LogP contribution in [0.1, 0.15) is 17.2 Å². The third-order valence-electron chi connectivity index (χ3n) is 3.33. The highest BCUT2D eigenvalue weighted by atomic mass is 16.5. The highest BCUT2D eigenvalue weighted by molar-refractivity contribution is 5.68. The smallest absolute Gasteiger partial charge is 0.119 e. The standard InChI is InChI=1S/C16H19NO3/c1-20-14-6-7-15(13(8-14)9-18)11-2-4-12(5-3-11)16(17)10-19/h2-8,16,18-19H,9-10,17H2,1H3/t16-/m1/s1. The summed E-state index contributed by atoms with van der Waals surface area (Å²) >= 11 is 0. The SMILES string of the molecule is COc1ccc(-c2ccc([C@H](N)CO)cc2)c(CO)c1. The van der Waals surface area contributed by atoms with Crippen LogP contribution in [-0.2, 0) is 6.61 Å². The number of aliphatic hydroxyl groups excluding tert-OH is 2. The summed E-state index contributed by atoms with van der Waals surface area (Å²) in [6.45, 7) is -0.131. The summed E-state index contributed by atoms with van der Waals surface area (Å²) in [5.41, 5.74) is 9.41. The average Bonchev–Trinajstić information content (AvgIpc) is 2.53. The molecule has 20 heavy (non-hydrogen) atoms. The van der Waals surface area contributed by atoms with E-state index in [-0.39, 0.29) is 19.3 Å². The van der Waals surface area contributed by atoms with Crippen LogP contribution in [0.15, 0.2) is 42.5 Å². The first-order chi connectivity index (χ1) is 9.69. The molecule has 0 aliphatic heterocycles. The molecule has 0 aromatic heterocycles. The Morgan fingerprint density at radius 3 is 2.35 bits per heavy atom. The van der Waals surface area contributed by atoms with Gasteiger partial charge in [-0.3, -0.25) is 0 Å². The minimum atomic E-state index is -0.364. The maximum absolute atomic E-state index is 9.47. The molecule has 0 fully saturated rings. The number of hydrogen-bond donors (Lipinski definition) is 3. The van der Waals surface area contributed by atoms with Gasteiger partial charge in [-0.25, -0.2) is 0 Å². The Morgan fingerprint density at radius 2 is 1.80 bits per heavy atom. The van der Waals surface area contributed by atoms with Gasteiger partial charge in [0.05, 0.1) is 26.4 Å². The van der Waals surface area contributed by atoms with E-state index in [0.29, 0.717) is 0 Å². The zero-order chi connectivity index (χ0) is 14.5. The van der Waals surface area contributed by atoms with E-state index in [1.807, 2.05) is 42.5 Å². The molecule has 4 N–H and O–H groups in total. The van der Waals surface area contributed by atoms with Crippen molar-refractivity contribution in [2.45, 2.75) is 12.6 Å². The second kappa shape index (κ2) is 6.52. The van der Waals surface area contributed by atoms with Crippen LogP contribution in [0.25, 0.3) is 11.1 Å². The minimum absolute atomic E-state index is 0.0512. The molecular weight excluding hydrogens is 254 g/mol. The van der Waals surface area contributed by atoms with E-state index in [1.165, 1.54) is 0 Å². The van der Waals surface area contributed by atoms with Crippen molar-refractivity contribution in [3.8, 4) is 16.9 Å². The number of benzene rings is 2. The van der Waals surface area contributed by atoms with Crippen LogP contribution in [0.5, 0.6) is 5.75 Å². The van der Waals surface area contributed by atoms with Gasteiger partial charge in [0.2, 0.25) is 0 Å². The second-order valence-electron chi connectivity index (χ2n) is 4.59. The second-order valence-corrected chi connectivity index (χ2v) is 4.59. The predicted octanol–water partition coefficient (Wildman–Crippen LogP) is 1.85. The van der Waals surface area contributed by atoms with Crippen LogP contribution in [0.2, 0.25) is 0 Å². The lowest BCUT2D eigenvalue weighted by Crippen LogP contribution is -2.14. The van der Waals surface area contributed by atoms with Crippen LogP contribution >= 0.6 is 0 Å². The Bertz CT molecular complexity index is 566. The zero-order valence-electron chi connectivity index (χ0n) is 11.4. The largest absolute Gasteiger partial charge is 0.497 e. The van der Waals surface area contributed by atoms with Crippen molar-refractivity contribution in [1.29, 1.82) is 0 Å².